The zero-order chi connectivity index (χ0) is 18.7. The maximum absolute atomic E-state index is 11.7. The fourth-order valence-electron chi connectivity index (χ4n) is 2.64. The van der Waals surface area contributed by atoms with Crippen LogP contribution in [0.15, 0.2) is 0 Å². The number of ketones is 1. The molecule has 0 spiro atoms. The highest BCUT2D eigenvalue weighted by Gasteiger charge is 2.38. The lowest BCUT2D eigenvalue weighted by atomic mass is 9.85. The summed E-state index contributed by atoms with van der Waals surface area (Å²) in [7, 11) is 1.38. The van der Waals surface area contributed by atoms with Gasteiger partial charge in [-0.15, -0.1) is 0 Å². The van der Waals surface area contributed by atoms with Crippen molar-refractivity contribution in [2.45, 2.75) is 66.4 Å². The van der Waals surface area contributed by atoms with Crippen LogP contribution >= 0.6 is 0 Å². The monoisotopic (exact) mass is 336 g/mol. The van der Waals surface area contributed by atoms with Crippen molar-refractivity contribution < 1.29 is 24.2 Å². The van der Waals surface area contributed by atoms with Gasteiger partial charge in [-0.25, -0.2) is 0 Å². The second-order valence-electron chi connectivity index (χ2n) is 6.35. The van der Waals surface area contributed by atoms with E-state index in [2.05, 4.69) is 4.74 Å². The predicted octanol–water partition coefficient (Wildman–Crippen LogP) is 3.56. The van der Waals surface area contributed by atoms with Gasteiger partial charge in [0.15, 0.2) is 11.4 Å². The van der Waals surface area contributed by atoms with Gasteiger partial charge in [0.1, 0.15) is 11.5 Å². The molecule has 134 valence electrons. The third-order valence-corrected chi connectivity index (χ3v) is 4.78. The minimum atomic E-state index is -0.729. The quantitative estimate of drug-likeness (QED) is 0.836. The molecule has 1 aromatic carbocycles. The van der Waals surface area contributed by atoms with Gasteiger partial charge in [-0.05, 0) is 64.2 Å². The van der Waals surface area contributed by atoms with Gasteiger partial charge in [0.05, 0.1) is 7.11 Å². The van der Waals surface area contributed by atoms with Crippen molar-refractivity contribution in [1.82, 2.24) is 0 Å². The number of aromatic hydroxyl groups is 1. The molecule has 24 heavy (non-hydrogen) atoms. The standard InChI is InChI=1S/C15H20O3.C4H8O2/c1-8-9(2)14-12(10(3)13(8)17)6-7-15(5,18-14)11(4)16;1-3-4(5)6-2/h17H,6-7H2,1-5H3;3H2,1-2H3. The number of ether oxygens (including phenoxy) is 2. The SMILES string of the molecule is CC(=O)C1(C)CCc2c(C)c(O)c(C)c(C)c2O1.CCC(=O)OC. The third kappa shape index (κ3) is 3.89. The molecule has 2 rings (SSSR count). The Labute approximate surface area is 144 Å². The Morgan fingerprint density at radius 3 is 2.21 bits per heavy atom. The molecule has 5 nitrogen and oxygen atoms in total. The fourth-order valence-corrected chi connectivity index (χ4v) is 2.64. The molecule has 0 aliphatic carbocycles. The molecule has 0 saturated carbocycles. The van der Waals surface area contributed by atoms with Crippen LogP contribution in [0.5, 0.6) is 11.5 Å². The summed E-state index contributed by atoms with van der Waals surface area (Å²) in [5.41, 5.74) is 2.94. The minimum Gasteiger partial charge on any atom is -0.507 e. The number of phenols is 1. The van der Waals surface area contributed by atoms with Crippen LogP contribution in [0, 0.1) is 20.8 Å². The number of rotatable bonds is 2. The molecule has 1 atom stereocenters. The van der Waals surface area contributed by atoms with E-state index >= 15 is 0 Å². The normalized spacial score (nSPS) is 18.6. The van der Waals surface area contributed by atoms with E-state index in [9.17, 15) is 14.7 Å². The molecule has 1 heterocycles. The van der Waals surface area contributed by atoms with E-state index in [-0.39, 0.29) is 11.8 Å². The molecular formula is C19H28O5. The number of fused-ring (bicyclic) bond motifs is 1. The number of benzene rings is 1. The molecule has 0 amide bonds. The number of hydrogen-bond donors (Lipinski definition) is 1. The van der Waals surface area contributed by atoms with Crippen LogP contribution in [0.4, 0.5) is 0 Å². The Morgan fingerprint density at radius 2 is 1.79 bits per heavy atom. The zero-order valence-electron chi connectivity index (χ0n) is 15.7. The lowest BCUT2D eigenvalue weighted by molar-refractivity contribution is -0.140. The Bertz CT molecular complexity index is 642. The molecule has 0 radical (unpaired) electrons. The summed E-state index contributed by atoms with van der Waals surface area (Å²) in [6.45, 7) is 10.9. The summed E-state index contributed by atoms with van der Waals surface area (Å²) in [5, 5.41) is 10.1. The van der Waals surface area contributed by atoms with Gasteiger partial charge >= 0.3 is 5.97 Å². The van der Waals surface area contributed by atoms with Crippen LogP contribution in [0.1, 0.15) is 55.9 Å². The average molecular weight is 336 g/mol. The maximum Gasteiger partial charge on any atom is 0.305 e. The second kappa shape index (κ2) is 7.69. The van der Waals surface area contributed by atoms with E-state index in [1.165, 1.54) is 7.11 Å². The summed E-state index contributed by atoms with van der Waals surface area (Å²) >= 11 is 0. The molecule has 1 aliphatic heterocycles. The van der Waals surface area contributed by atoms with Gasteiger partial charge in [0.2, 0.25) is 0 Å². The van der Waals surface area contributed by atoms with Crippen molar-refractivity contribution in [1.29, 1.82) is 0 Å². The van der Waals surface area contributed by atoms with Crippen LogP contribution in [-0.2, 0) is 20.7 Å². The predicted molar refractivity (Wildman–Crippen MR) is 92.7 cm³/mol. The van der Waals surface area contributed by atoms with Crippen molar-refractivity contribution in [3.63, 3.8) is 0 Å². The van der Waals surface area contributed by atoms with Crippen molar-refractivity contribution in [3.8, 4) is 11.5 Å². The largest absolute Gasteiger partial charge is 0.507 e. The summed E-state index contributed by atoms with van der Waals surface area (Å²) in [5.74, 6) is 1.03. The number of esters is 1. The Morgan fingerprint density at radius 1 is 1.21 bits per heavy atom. The molecule has 0 saturated heterocycles. The van der Waals surface area contributed by atoms with Gasteiger partial charge in [-0.2, -0.15) is 0 Å². The number of Topliss-reactive ketones (excluding diaryl/α,β-unsaturated/α-hetero) is 1. The summed E-state index contributed by atoms with van der Waals surface area (Å²) in [6, 6.07) is 0. The van der Waals surface area contributed by atoms with Gasteiger partial charge in [0.25, 0.3) is 0 Å². The maximum atomic E-state index is 11.7. The zero-order valence-corrected chi connectivity index (χ0v) is 15.7. The Balaban J connectivity index is 0.000000413. The summed E-state index contributed by atoms with van der Waals surface area (Å²) < 4.78 is 10.2. The molecular weight excluding hydrogens is 308 g/mol. The van der Waals surface area contributed by atoms with Crippen molar-refractivity contribution in [3.05, 3.63) is 22.3 Å². The lowest BCUT2D eigenvalue weighted by Gasteiger charge is -2.36. The number of methoxy groups -OCH3 is 1. The van der Waals surface area contributed by atoms with E-state index in [0.29, 0.717) is 18.6 Å². The van der Waals surface area contributed by atoms with Gasteiger partial charge < -0.3 is 14.6 Å². The number of carbonyl (C=O) groups is 2. The van der Waals surface area contributed by atoms with Crippen molar-refractivity contribution in [2.24, 2.45) is 0 Å². The van der Waals surface area contributed by atoms with E-state index in [4.69, 9.17) is 4.74 Å². The topological polar surface area (TPSA) is 72.8 Å². The smallest absolute Gasteiger partial charge is 0.305 e. The minimum absolute atomic E-state index is 0.0518. The lowest BCUT2D eigenvalue weighted by Crippen LogP contribution is -2.43. The molecule has 1 aromatic rings. The fraction of sp³-hybridized carbons (Fsp3) is 0.579. The molecule has 1 N–H and O–H groups in total. The first kappa shape index (κ1) is 20.0. The van der Waals surface area contributed by atoms with Gasteiger partial charge in [0, 0.05) is 12.0 Å². The summed E-state index contributed by atoms with van der Waals surface area (Å²) in [6.07, 6.45) is 1.90. The summed E-state index contributed by atoms with van der Waals surface area (Å²) in [4.78, 5) is 21.7. The van der Waals surface area contributed by atoms with Crippen molar-refractivity contribution >= 4 is 11.8 Å². The van der Waals surface area contributed by atoms with Gasteiger partial charge in [-0.3, -0.25) is 9.59 Å². The van der Waals surface area contributed by atoms with E-state index in [1.807, 2.05) is 27.7 Å². The highest BCUT2D eigenvalue weighted by molar-refractivity contribution is 5.85. The number of phenolic OH excluding ortho intramolecular Hbond substituents is 1. The van der Waals surface area contributed by atoms with Crippen LogP contribution in [0.2, 0.25) is 0 Å². The van der Waals surface area contributed by atoms with Crippen LogP contribution in [0.25, 0.3) is 0 Å². The van der Waals surface area contributed by atoms with Crippen LogP contribution in [-0.4, -0.2) is 29.6 Å². The first-order valence-corrected chi connectivity index (χ1v) is 8.17. The third-order valence-electron chi connectivity index (χ3n) is 4.78. The van der Waals surface area contributed by atoms with E-state index < -0.39 is 5.60 Å². The van der Waals surface area contributed by atoms with E-state index in [0.717, 1.165) is 34.4 Å². The number of carbonyl (C=O) groups excluding carboxylic acids is 2. The van der Waals surface area contributed by atoms with Crippen LogP contribution in [0.3, 0.4) is 0 Å². The molecule has 0 bridgehead atoms. The highest BCUT2D eigenvalue weighted by Crippen LogP contribution is 2.43. The Kier molecular flexibility index (Phi) is 6.41. The molecule has 5 heteroatoms. The first-order valence-electron chi connectivity index (χ1n) is 8.17. The Hall–Kier alpha value is -2.04. The second-order valence-corrected chi connectivity index (χ2v) is 6.35. The molecule has 0 fully saturated rings. The van der Waals surface area contributed by atoms with Crippen molar-refractivity contribution in [2.75, 3.05) is 7.11 Å². The molecule has 1 aliphatic rings. The van der Waals surface area contributed by atoms with E-state index in [1.54, 1.807) is 13.8 Å². The number of hydrogen-bond acceptors (Lipinski definition) is 5. The van der Waals surface area contributed by atoms with Gasteiger partial charge in [-0.1, -0.05) is 6.92 Å². The first-order chi connectivity index (χ1) is 11.1. The molecule has 0 aromatic heterocycles. The average Bonchev–Trinajstić information content (AvgIpc) is 2.57. The van der Waals surface area contributed by atoms with Crippen LogP contribution < -0.4 is 4.74 Å². The highest BCUT2D eigenvalue weighted by atomic mass is 16.5. The molecule has 1 unspecified atom stereocenters.